The molecule has 6 aromatic rings. The Kier molecular flexibility index (Phi) is 15.4. The predicted molar refractivity (Wildman–Crippen MR) is 272 cm³/mol. The molecule has 0 radical (unpaired) electrons. The third-order valence-corrected chi connectivity index (χ3v) is 13.3. The van der Waals surface area contributed by atoms with E-state index < -0.39 is 34.7 Å². The van der Waals surface area contributed by atoms with Crippen LogP contribution < -0.4 is 9.47 Å². The predicted octanol–water partition coefficient (Wildman–Crippen LogP) is 13.6. The van der Waals surface area contributed by atoms with Gasteiger partial charge >= 0.3 is 23.9 Å². The van der Waals surface area contributed by atoms with Crippen LogP contribution in [0, 0.1) is 0 Å². The Hall–Kier alpha value is -7.72. The highest BCUT2D eigenvalue weighted by molar-refractivity contribution is 6.11. The topological polar surface area (TPSA) is 146 Å². The summed E-state index contributed by atoms with van der Waals surface area (Å²) < 4.78 is 23.3. The van der Waals surface area contributed by atoms with Gasteiger partial charge in [-0.1, -0.05) is 137 Å². The van der Waals surface area contributed by atoms with E-state index in [0.717, 1.165) is 72.9 Å². The number of hydrogen-bond donors (Lipinski definition) is 2. The average Bonchev–Trinajstić information content (AvgIpc) is 3.38. The zero-order chi connectivity index (χ0) is 49.1. The standard InChI is InChI=1S/C60H58O10/c1-3-5-7-13-39-67-45-25-19-43(20-26-45)55(61)69-47-31-35-59(36-32-47,57(63)64)51-29-23-41-15-9-11-17-49(41)53(51)54-50-18-12-10-16-42(50)24-30-52(54)60(58(65)66)37-33-48(34-38-60)70-56(62)44-21-27-46(28-22-44)68-40-14-8-6-4-2/h9-12,15-35,37H,3-8,13-14,36,38-40H2,1-2H3,(H,63,64)(H,65,66). The molecule has 2 aliphatic rings. The van der Waals surface area contributed by atoms with Gasteiger partial charge in [-0.25, -0.2) is 9.59 Å². The molecule has 2 unspecified atom stereocenters. The number of rotatable bonds is 21. The van der Waals surface area contributed by atoms with Crippen LogP contribution in [0.25, 0.3) is 32.7 Å². The first-order valence-corrected chi connectivity index (χ1v) is 24.3. The summed E-state index contributed by atoms with van der Waals surface area (Å²) in [6.07, 6.45) is 17.9. The van der Waals surface area contributed by atoms with E-state index in [0.29, 0.717) is 58.1 Å². The van der Waals surface area contributed by atoms with Crippen LogP contribution in [0.4, 0.5) is 0 Å². The summed E-state index contributed by atoms with van der Waals surface area (Å²) in [4.78, 5) is 54.5. The summed E-state index contributed by atoms with van der Waals surface area (Å²) in [7, 11) is 0. The number of carboxylic acids is 2. The molecule has 2 aliphatic carbocycles. The summed E-state index contributed by atoms with van der Waals surface area (Å²) in [6, 6.07) is 36.1. The SMILES string of the molecule is CCCCCCOc1ccc(C(=O)OC2=CCC(C(=O)O)(c3ccc4ccccc4c3-c3c(C4(C(=O)O)C=CC(OC(=O)c5ccc(OCCCCCC)cc5)=CC4)ccc4ccccc34)C=C2)cc1. The lowest BCUT2D eigenvalue weighted by molar-refractivity contribution is -0.142. The second-order valence-electron chi connectivity index (χ2n) is 17.9. The molecule has 8 rings (SSSR count). The number of fused-ring (bicyclic) bond motifs is 2. The van der Waals surface area contributed by atoms with E-state index in [4.69, 9.17) is 18.9 Å². The maximum absolute atomic E-state index is 13.9. The number of aliphatic carboxylic acids is 2. The maximum atomic E-state index is 13.9. The largest absolute Gasteiger partial charge is 0.494 e. The van der Waals surface area contributed by atoms with E-state index in [-0.39, 0.29) is 24.4 Å². The number of ether oxygens (including phenoxy) is 4. The molecule has 2 atom stereocenters. The van der Waals surface area contributed by atoms with Gasteiger partial charge in [-0.05, 0) is 142 Å². The first kappa shape index (κ1) is 48.7. The van der Waals surface area contributed by atoms with Crippen molar-refractivity contribution in [2.24, 2.45) is 0 Å². The Morgan fingerprint density at radius 2 is 0.886 bits per heavy atom. The number of carbonyl (C=O) groups is 4. The summed E-state index contributed by atoms with van der Waals surface area (Å²) >= 11 is 0. The Morgan fingerprint density at radius 1 is 0.486 bits per heavy atom. The molecule has 70 heavy (non-hydrogen) atoms. The van der Waals surface area contributed by atoms with Crippen molar-refractivity contribution >= 4 is 45.4 Å². The Balaban J connectivity index is 1.11. The second kappa shape index (κ2) is 22.1. The number of carbonyl (C=O) groups excluding carboxylic acids is 2. The minimum Gasteiger partial charge on any atom is -0.494 e. The molecule has 0 aliphatic heterocycles. The second-order valence-corrected chi connectivity index (χ2v) is 17.9. The molecule has 6 aromatic carbocycles. The molecule has 10 nitrogen and oxygen atoms in total. The van der Waals surface area contributed by atoms with Crippen molar-refractivity contribution in [3.05, 3.63) is 192 Å². The van der Waals surface area contributed by atoms with Gasteiger partial charge in [-0.3, -0.25) is 9.59 Å². The van der Waals surface area contributed by atoms with Crippen molar-refractivity contribution in [1.29, 1.82) is 0 Å². The molecule has 2 N–H and O–H groups in total. The lowest BCUT2D eigenvalue weighted by Crippen LogP contribution is -2.37. The third kappa shape index (κ3) is 10.5. The number of allylic oxidation sites excluding steroid dienone is 4. The minimum absolute atomic E-state index is 0.0755. The van der Waals surface area contributed by atoms with Crippen LogP contribution in [-0.4, -0.2) is 47.3 Å². The third-order valence-electron chi connectivity index (χ3n) is 13.3. The van der Waals surface area contributed by atoms with Crippen LogP contribution in [-0.2, 0) is 29.9 Å². The fourth-order valence-electron chi connectivity index (χ4n) is 9.31. The van der Waals surface area contributed by atoms with Crippen LogP contribution in [0.5, 0.6) is 11.5 Å². The van der Waals surface area contributed by atoms with Gasteiger partial charge in [-0.15, -0.1) is 0 Å². The Bertz CT molecular complexity index is 2810. The molecule has 0 amide bonds. The zero-order valence-corrected chi connectivity index (χ0v) is 39.7. The molecule has 0 bridgehead atoms. The highest BCUT2D eigenvalue weighted by atomic mass is 16.5. The Morgan fingerprint density at radius 3 is 1.24 bits per heavy atom. The van der Waals surface area contributed by atoms with Gasteiger partial charge in [0.25, 0.3) is 0 Å². The smallest absolute Gasteiger partial charge is 0.343 e. The monoisotopic (exact) mass is 938 g/mol. The molecule has 0 fully saturated rings. The highest BCUT2D eigenvalue weighted by Gasteiger charge is 2.45. The molecule has 358 valence electrons. The molecule has 0 aromatic heterocycles. The number of unbranched alkanes of at least 4 members (excludes halogenated alkanes) is 6. The quantitative estimate of drug-likeness (QED) is 0.0528. The van der Waals surface area contributed by atoms with Gasteiger partial charge in [0.1, 0.15) is 33.8 Å². The normalized spacial score (nSPS) is 17.4. The number of benzene rings is 6. The van der Waals surface area contributed by atoms with Crippen molar-refractivity contribution in [2.75, 3.05) is 13.2 Å². The lowest BCUT2D eigenvalue weighted by Gasteiger charge is -2.35. The van der Waals surface area contributed by atoms with E-state index in [1.807, 2.05) is 60.7 Å². The Labute approximate surface area is 408 Å². The van der Waals surface area contributed by atoms with Gasteiger partial charge in [0.15, 0.2) is 0 Å². The lowest BCUT2D eigenvalue weighted by atomic mass is 9.67. The maximum Gasteiger partial charge on any atom is 0.343 e. The van der Waals surface area contributed by atoms with E-state index in [1.54, 1.807) is 85.0 Å². The van der Waals surface area contributed by atoms with Gasteiger partial charge in [0.2, 0.25) is 0 Å². The van der Waals surface area contributed by atoms with Gasteiger partial charge in [0, 0.05) is 0 Å². The average molecular weight is 939 g/mol. The molecular formula is C60H58O10. The molecule has 0 saturated carbocycles. The number of carboxylic acid groups (broad SMARTS) is 2. The summed E-state index contributed by atoms with van der Waals surface area (Å²) in [6.45, 7) is 5.50. The summed E-state index contributed by atoms with van der Waals surface area (Å²) in [5.41, 5.74) is -0.732. The molecule has 0 saturated heterocycles. The summed E-state index contributed by atoms with van der Waals surface area (Å²) in [5.74, 6) is -1.76. The van der Waals surface area contributed by atoms with Crippen LogP contribution in [0.15, 0.2) is 169 Å². The number of esters is 2. The summed E-state index contributed by atoms with van der Waals surface area (Å²) in [5, 5.41) is 25.7. The molecule has 0 spiro atoms. The molecule has 0 heterocycles. The van der Waals surface area contributed by atoms with Crippen molar-refractivity contribution in [2.45, 2.75) is 88.9 Å². The van der Waals surface area contributed by atoms with Crippen molar-refractivity contribution in [3.63, 3.8) is 0 Å². The van der Waals surface area contributed by atoms with E-state index in [9.17, 15) is 29.4 Å². The van der Waals surface area contributed by atoms with E-state index >= 15 is 0 Å². The van der Waals surface area contributed by atoms with Gasteiger partial charge in [-0.2, -0.15) is 0 Å². The van der Waals surface area contributed by atoms with Gasteiger partial charge < -0.3 is 29.2 Å². The van der Waals surface area contributed by atoms with E-state index in [2.05, 4.69) is 13.8 Å². The first-order chi connectivity index (χ1) is 34.1. The van der Waals surface area contributed by atoms with Gasteiger partial charge in [0.05, 0.1) is 24.3 Å². The fourth-order valence-corrected chi connectivity index (χ4v) is 9.31. The molecular weight excluding hydrogens is 881 g/mol. The zero-order valence-electron chi connectivity index (χ0n) is 39.7. The first-order valence-electron chi connectivity index (χ1n) is 24.3. The van der Waals surface area contributed by atoms with Crippen LogP contribution >= 0.6 is 0 Å². The highest BCUT2D eigenvalue weighted by Crippen LogP contribution is 2.50. The van der Waals surface area contributed by atoms with Crippen molar-refractivity contribution in [3.8, 4) is 22.6 Å². The minimum atomic E-state index is -1.67. The van der Waals surface area contributed by atoms with Crippen molar-refractivity contribution < 1.29 is 48.3 Å². The van der Waals surface area contributed by atoms with Crippen LogP contribution in [0.2, 0.25) is 0 Å². The number of hydrogen-bond acceptors (Lipinski definition) is 8. The fraction of sp³-hybridized carbons (Fsp3) is 0.267. The van der Waals surface area contributed by atoms with Crippen LogP contribution in [0.1, 0.15) is 110 Å². The van der Waals surface area contributed by atoms with Crippen LogP contribution in [0.3, 0.4) is 0 Å². The van der Waals surface area contributed by atoms with Crippen molar-refractivity contribution in [1.82, 2.24) is 0 Å². The van der Waals surface area contributed by atoms with E-state index in [1.165, 1.54) is 12.2 Å². The molecule has 10 heteroatoms.